The molecule has 1 heterocycles. The maximum atomic E-state index is 12.8. The van der Waals surface area contributed by atoms with Crippen molar-refractivity contribution in [3.8, 4) is 0 Å². The maximum Gasteiger partial charge on any atom is 0.405 e. The second-order valence-corrected chi connectivity index (χ2v) is 7.24. The molecule has 3 amide bonds. The first-order valence-corrected chi connectivity index (χ1v) is 9.76. The third kappa shape index (κ3) is 6.22. The lowest BCUT2D eigenvalue weighted by molar-refractivity contribution is -0.123. The summed E-state index contributed by atoms with van der Waals surface area (Å²) in [6, 6.07) is 12.0. The van der Waals surface area contributed by atoms with Gasteiger partial charge in [-0.15, -0.1) is 0 Å². The van der Waals surface area contributed by atoms with E-state index >= 15 is 0 Å². The third-order valence-corrected chi connectivity index (χ3v) is 4.69. The second-order valence-electron chi connectivity index (χ2n) is 7.24. The minimum Gasteiger partial charge on any atom is -0.459 e. The Bertz CT molecular complexity index is 1190. The molecule has 33 heavy (non-hydrogen) atoms. The van der Waals surface area contributed by atoms with Crippen LogP contribution >= 0.6 is 0 Å². The van der Waals surface area contributed by atoms with Crippen LogP contribution in [0.15, 0.2) is 59.2 Å². The molecule has 0 aliphatic rings. The van der Waals surface area contributed by atoms with Gasteiger partial charge in [0.2, 0.25) is 0 Å². The lowest BCUT2D eigenvalue weighted by Gasteiger charge is -2.13. The number of benzene rings is 2. The monoisotopic (exact) mass is 459 g/mol. The van der Waals surface area contributed by atoms with Gasteiger partial charge in [-0.3, -0.25) is 14.4 Å². The van der Waals surface area contributed by atoms with Crippen LogP contribution in [-0.4, -0.2) is 30.4 Å². The maximum absolute atomic E-state index is 12.8. The van der Waals surface area contributed by atoms with Crippen LogP contribution in [0.1, 0.15) is 42.4 Å². The number of aryl methyl sites for hydroxylation is 2. The Morgan fingerprint density at radius 2 is 1.36 bits per heavy atom. The largest absolute Gasteiger partial charge is 0.459 e. The summed E-state index contributed by atoms with van der Waals surface area (Å²) in [4.78, 5) is 37.1. The molecular formula is C23H20F3N3O4. The molecule has 0 saturated carbocycles. The van der Waals surface area contributed by atoms with Crippen molar-refractivity contribution in [3.05, 3.63) is 82.8 Å². The van der Waals surface area contributed by atoms with Crippen molar-refractivity contribution in [2.45, 2.75) is 20.0 Å². The summed E-state index contributed by atoms with van der Waals surface area (Å²) in [6.07, 6.45) is -3.17. The molecule has 3 rings (SSSR count). The van der Waals surface area contributed by atoms with E-state index in [2.05, 4.69) is 10.6 Å². The number of carbonyl (C=O) groups excluding carboxylic acids is 3. The zero-order chi connectivity index (χ0) is 24.2. The van der Waals surface area contributed by atoms with E-state index in [1.807, 2.05) is 0 Å². The van der Waals surface area contributed by atoms with Gasteiger partial charge in [0.1, 0.15) is 6.54 Å². The lowest BCUT2D eigenvalue weighted by atomic mass is 10.1. The van der Waals surface area contributed by atoms with Crippen molar-refractivity contribution < 1.29 is 32.0 Å². The van der Waals surface area contributed by atoms with E-state index < -0.39 is 30.4 Å². The molecule has 0 aliphatic carbocycles. The highest BCUT2D eigenvalue weighted by molar-refractivity contribution is 6.07. The number of alkyl halides is 3. The number of nitrogens with one attached hydrogen (secondary N) is 3. The van der Waals surface area contributed by atoms with Crippen LogP contribution in [0.25, 0.3) is 0 Å². The zero-order valence-electron chi connectivity index (χ0n) is 17.7. The second kappa shape index (κ2) is 9.60. The molecule has 0 aliphatic heterocycles. The Labute approximate surface area is 187 Å². The number of hydrogen-bond acceptors (Lipinski definition) is 4. The van der Waals surface area contributed by atoms with Crippen molar-refractivity contribution in [2.75, 3.05) is 17.2 Å². The predicted octanol–water partition coefficient (Wildman–Crippen LogP) is 4.69. The predicted molar refractivity (Wildman–Crippen MR) is 115 cm³/mol. The third-order valence-electron chi connectivity index (χ3n) is 4.69. The first-order chi connectivity index (χ1) is 15.5. The number of anilines is 2. The Balaban J connectivity index is 1.75. The molecule has 0 unspecified atom stereocenters. The Kier molecular flexibility index (Phi) is 6.86. The van der Waals surface area contributed by atoms with Crippen molar-refractivity contribution in [2.24, 2.45) is 0 Å². The molecule has 0 fully saturated rings. The van der Waals surface area contributed by atoms with Crippen LogP contribution < -0.4 is 16.0 Å². The summed E-state index contributed by atoms with van der Waals surface area (Å²) in [7, 11) is 0. The molecule has 0 radical (unpaired) electrons. The van der Waals surface area contributed by atoms with Crippen molar-refractivity contribution >= 4 is 29.1 Å². The lowest BCUT2D eigenvalue weighted by Crippen LogP contribution is -2.33. The van der Waals surface area contributed by atoms with Gasteiger partial charge < -0.3 is 20.4 Å². The fourth-order valence-electron chi connectivity index (χ4n) is 2.86. The number of carbonyl (C=O) groups is 3. The fourth-order valence-corrected chi connectivity index (χ4v) is 2.86. The van der Waals surface area contributed by atoms with E-state index in [1.165, 1.54) is 36.6 Å². The van der Waals surface area contributed by atoms with E-state index in [4.69, 9.17) is 4.42 Å². The van der Waals surface area contributed by atoms with Gasteiger partial charge in [-0.25, -0.2) is 0 Å². The molecule has 3 N–H and O–H groups in total. The Morgan fingerprint density at radius 1 is 0.818 bits per heavy atom. The Morgan fingerprint density at radius 3 is 1.88 bits per heavy atom. The molecule has 0 spiro atoms. The first-order valence-electron chi connectivity index (χ1n) is 9.76. The van der Waals surface area contributed by atoms with Gasteiger partial charge >= 0.3 is 6.18 Å². The van der Waals surface area contributed by atoms with Crippen LogP contribution in [0, 0.1) is 13.8 Å². The van der Waals surface area contributed by atoms with Gasteiger partial charge in [-0.05, 0) is 61.4 Å². The summed E-state index contributed by atoms with van der Waals surface area (Å²) < 4.78 is 42.1. The molecule has 7 nitrogen and oxygen atoms in total. The summed E-state index contributed by atoms with van der Waals surface area (Å²) in [5.41, 5.74) is 2.18. The quantitative estimate of drug-likeness (QED) is 0.498. The van der Waals surface area contributed by atoms with Crippen molar-refractivity contribution in [1.29, 1.82) is 0 Å². The summed E-state index contributed by atoms with van der Waals surface area (Å²) >= 11 is 0. The summed E-state index contributed by atoms with van der Waals surface area (Å²) in [5, 5.41) is 7.11. The molecule has 172 valence electrons. The van der Waals surface area contributed by atoms with E-state index in [1.54, 1.807) is 37.4 Å². The number of amides is 3. The van der Waals surface area contributed by atoms with Gasteiger partial charge in [0.25, 0.3) is 17.7 Å². The van der Waals surface area contributed by atoms with E-state index in [9.17, 15) is 27.6 Å². The average Bonchev–Trinajstić information content (AvgIpc) is 3.29. The SMILES string of the molecule is Cc1ccc(C(=O)NCC(F)(F)F)cc1NC(=O)c1ccc(C)c(NC(=O)c2ccco2)c1. The molecule has 1 aromatic heterocycles. The topological polar surface area (TPSA) is 100 Å². The number of rotatable bonds is 6. The molecule has 0 atom stereocenters. The molecule has 0 saturated heterocycles. The summed E-state index contributed by atoms with van der Waals surface area (Å²) in [5.74, 6) is -1.81. The van der Waals surface area contributed by atoms with Gasteiger partial charge in [0.05, 0.1) is 6.26 Å². The highest BCUT2D eigenvalue weighted by Crippen LogP contribution is 2.22. The average molecular weight is 459 g/mol. The fraction of sp³-hybridized carbons (Fsp3) is 0.174. The van der Waals surface area contributed by atoms with Crippen molar-refractivity contribution in [1.82, 2.24) is 5.32 Å². The minimum absolute atomic E-state index is 0.0320. The number of furan rings is 1. The van der Waals surface area contributed by atoms with Crippen LogP contribution in [-0.2, 0) is 0 Å². The molecule has 3 aromatic rings. The molecular weight excluding hydrogens is 439 g/mol. The number of halogens is 3. The van der Waals surface area contributed by atoms with E-state index in [0.29, 0.717) is 16.8 Å². The molecule has 0 bridgehead atoms. The zero-order valence-corrected chi connectivity index (χ0v) is 17.7. The van der Waals surface area contributed by atoms with Crippen LogP contribution in [0.2, 0.25) is 0 Å². The summed E-state index contributed by atoms with van der Waals surface area (Å²) in [6.45, 7) is 1.97. The normalized spacial score (nSPS) is 11.1. The highest BCUT2D eigenvalue weighted by atomic mass is 19.4. The Hall–Kier alpha value is -4.08. The smallest absolute Gasteiger partial charge is 0.405 e. The van der Waals surface area contributed by atoms with Gasteiger partial charge in [0.15, 0.2) is 5.76 Å². The van der Waals surface area contributed by atoms with Crippen LogP contribution in [0.3, 0.4) is 0 Å². The standard InChI is InChI=1S/C23H20F3N3O4/c1-13-5-7-15(20(30)27-12-23(24,25)26)10-17(13)28-21(31)16-8-6-14(2)18(11-16)29-22(32)19-4-3-9-33-19/h3-11H,12H2,1-2H3,(H,27,30)(H,28,31)(H,29,32). The number of hydrogen-bond donors (Lipinski definition) is 3. The molecule has 10 heteroatoms. The highest BCUT2D eigenvalue weighted by Gasteiger charge is 2.28. The minimum atomic E-state index is -4.53. The first kappa shape index (κ1) is 23.6. The van der Waals surface area contributed by atoms with Gasteiger partial charge in [-0.2, -0.15) is 13.2 Å². The van der Waals surface area contributed by atoms with E-state index in [-0.39, 0.29) is 22.6 Å². The van der Waals surface area contributed by atoms with Crippen LogP contribution in [0.5, 0.6) is 0 Å². The van der Waals surface area contributed by atoms with Gasteiger partial charge in [-0.1, -0.05) is 12.1 Å². The van der Waals surface area contributed by atoms with Crippen molar-refractivity contribution in [3.63, 3.8) is 0 Å². The van der Waals surface area contributed by atoms with Crippen LogP contribution in [0.4, 0.5) is 24.5 Å². The van der Waals surface area contributed by atoms with E-state index in [0.717, 1.165) is 0 Å². The molecule has 2 aromatic carbocycles. The van der Waals surface area contributed by atoms with Gasteiger partial charge in [0, 0.05) is 22.5 Å².